The second kappa shape index (κ2) is 5.36. The maximum atomic E-state index is 12.1. The van der Waals surface area contributed by atoms with Crippen molar-refractivity contribution in [3.63, 3.8) is 0 Å². The summed E-state index contributed by atoms with van der Waals surface area (Å²) in [6, 6.07) is 0.491. The van der Waals surface area contributed by atoms with Crippen LogP contribution in [0.1, 0.15) is 33.6 Å². The summed E-state index contributed by atoms with van der Waals surface area (Å²) in [6.07, 6.45) is 1.32. The average molecular weight is 241 g/mol. The van der Waals surface area contributed by atoms with E-state index in [0.717, 1.165) is 19.5 Å². The molecule has 0 bridgehead atoms. The van der Waals surface area contributed by atoms with Gasteiger partial charge in [0.1, 0.15) is 0 Å². The van der Waals surface area contributed by atoms with Gasteiger partial charge in [-0.15, -0.1) is 0 Å². The van der Waals surface area contributed by atoms with Gasteiger partial charge in [-0.3, -0.25) is 4.79 Å². The first kappa shape index (κ1) is 14.5. The number of nitrogens with zero attached hydrogens (tertiary/aromatic N) is 2. The van der Waals surface area contributed by atoms with Gasteiger partial charge >= 0.3 is 0 Å². The summed E-state index contributed by atoms with van der Waals surface area (Å²) >= 11 is 0. The van der Waals surface area contributed by atoms with Gasteiger partial charge < -0.3 is 15.5 Å². The van der Waals surface area contributed by atoms with Gasteiger partial charge in [0, 0.05) is 31.1 Å². The lowest BCUT2D eigenvalue weighted by atomic mass is 10.00. The second-order valence-electron chi connectivity index (χ2n) is 6.30. The Labute approximate surface area is 105 Å². The smallest absolute Gasteiger partial charge is 0.222 e. The highest BCUT2D eigenvalue weighted by Gasteiger charge is 2.33. The quantitative estimate of drug-likeness (QED) is 0.796. The Bertz CT molecular complexity index is 270. The van der Waals surface area contributed by atoms with Crippen molar-refractivity contribution in [1.82, 2.24) is 9.80 Å². The molecule has 2 N–H and O–H groups in total. The van der Waals surface area contributed by atoms with Crippen molar-refractivity contribution in [2.75, 3.05) is 27.2 Å². The zero-order chi connectivity index (χ0) is 13.2. The molecule has 4 heteroatoms. The fraction of sp³-hybridized carbons (Fsp3) is 0.923. The monoisotopic (exact) mass is 241 g/mol. The van der Waals surface area contributed by atoms with Crippen LogP contribution in [0.5, 0.6) is 0 Å². The third kappa shape index (κ3) is 4.28. The number of carbonyl (C=O) groups excluding carboxylic acids is 1. The summed E-state index contributed by atoms with van der Waals surface area (Å²) < 4.78 is 0. The molecular formula is C13H27N3O. The van der Waals surface area contributed by atoms with Crippen molar-refractivity contribution in [1.29, 1.82) is 0 Å². The van der Waals surface area contributed by atoms with Gasteiger partial charge in [-0.1, -0.05) is 6.92 Å². The third-order valence-corrected chi connectivity index (χ3v) is 3.57. The van der Waals surface area contributed by atoms with E-state index in [1.54, 1.807) is 0 Å². The van der Waals surface area contributed by atoms with E-state index in [-0.39, 0.29) is 11.4 Å². The highest BCUT2D eigenvalue weighted by Crippen LogP contribution is 2.21. The van der Waals surface area contributed by atoms with E-state index in [1.165, 1.54) is 0 Å². The van der Waals surface area contributed by atoms with Crippen molar-refractivity contribution >= 4 is 5.91 Å². The molecule has 2 atom stereocenters. The number of likely N-dealkylation sites (N-methyl/N-ethyl adjacent to an activating group) is 1. The van der Waals surface area contributed by atoms with Crippen LogP contribution in [0.4, 0.5) is 0 Å². The number of nitrogens with two attached hydrogens (primary N) is 1. The SMILES string of the molecule is CC1CN(C(=O)CCC(C)(C)N)CC1N(C)C. The Balaban J connectivity index is 2.45. The molecule has 1 saturated heterocycles. The van der Waals surface area contributed by atoms with Gasteiger partial charge in [-0.2, -0.15) is 0 Å². The molecule has 0 spiro atoms. The van der Waals surface area contributed by atoms with Gasteiger partial charge in [0.15, 0.2) is 0 Å². The number of rotatable bonds is 4. The molecule has 1 aliphatic heterocycles. The van der Waals surface area contributed by atoms with Crippen LogP contribution in [-0.2, 0) is 4.79 Å². The molecule has 0 aromatic rings. The van der Waals surface area contributed by atoms with Crippen molar-refractivity contribution in [2.45, 2.75) is 45.2 Å². The van der Waals surface area contributed by atoms with Gasteiger partial charge in [0.05, 0.1) is 0 Å². The Hall–Kier alpha value is -0.610. The summed E-state index contributed by atoms with van der Waals surface area (Å²) in [6.45, 7) is 7.89. The minimum Gasteiger partial charge on any atom is -0.341 e. The molecule has 1 heterocycles. The number of amides is 1. The third-order valence-electron chi connectivity index (χ3n) is 3.57. The molecule has 0 aliphatic carbocycles. The Morgan fingerprint density at radius 3 is 2.41 bits per heavy atom. The van der Waals surface area contributed by atoms with Crippen molar-refractivity contribution in [3.8, 4) is 0 Å². The zero-order valence-electron chi connectivity index (χ0n) is 11.9. The molecule has 0 aromatic carbocycles. The van der Waals surface area contributed by atoms with Gasteiger partial charge in [-0.05, 0) is 40.3 Å². The molecule has 4 nitrogen and oxygen atoms in total. The van der Waals surface area contributed by atoms with Gasteiger partial charge in [0.25, 0.3) is 0 Å². The summed E-state index contributed by atoms with van der Waals surface area (Å²) in [5.74, 6) is 0.805. The fourth-order valence-corrected chi connectivity index (χ4v) is 2.41. The van der Waals surface area contributed by atoms with E-state index in [9.17, 15) is 4.79 Å². The first-order valence-corrected chi connectivity index (χ1v) is 6.44. The maximum Gasteiger partial charge on any atom is 0.222 e. The lowest BCUT2D eigenvalue weighted by Gasteiger charge is -2.23. The van der Waals surface area contributed by atoms with Crippen LogP contribution in [0, 0.1) is 5.92 Å². The predicted octanol–water partition coefficient (Wildman–Crippen LogP) is 0.912. The molecule has 17 heavy (non-hydrogen) atoms. The number of carbonyl (C=O) groups is 1. The van der Waals surface area contributed by atoms with Crippen molar-refractivity contribution in [2.24, 2.45) is 11.7 Å². The largest absolute Gasteiger partial charge is 0.341 e. The summed E-state index contributed by atoms with van der Waals surface area (Å²) in [7, 11) is 4.16. The maximum absolute atomic E-state index is 12.1. The van der Waals surface area contributed by atoms with Crippen molar-refractivity contribution in [3.05, 3.63) is 0 Å². The molecule has 0 radical (unpaired) electrons. The van der Waals surface area contributed by atoms with Crippen LogP contribution in [0.3, 0.4) is 0 Å². The molecule has 1 amide bonds. The molecule has 1 fully saturated rings. The summed E-state index contributed by atoms with van der Waals surface area (Å²) in [4.78, 5) is 16.3. The van der Waals surface area contributed by atoms with E-state index >= 15 is 0 Å². The predicted molar refractivity (Wildman–Crippen MR) is 70.7 cm³/mol. The van der Waals surface area contributed by atoms with Crippen molar-refractivity contribution < 1.29 is 4.79 Å². The summed E-state index contributed by atoms with van der Waals surface area (Å²) in [5.41, 5.74) is 5.66. The van der Waals surface area contributed by atoms with Crippen LogP contribution in [0.25, 0.3) is 0 Å². The number of hydrogen-bond donors (Lipinski definition) is 1. The van der Waals surface area contributed by atoms with E-state index in [1.807, 2.05) is 18.7 Å². The standard InChI is InChI=1S/C13H27N3O/c1-10-8-16(9-11(10)15(4)5)12(17)6-7-13(2,3)14/h10-11H,6-9,14H2,1-5H3. The van der Waals surface area contributed by atoms with Crippen LogP contribution < -0.4 is 5.73 Å². The van der Waals surface area contributed by atoms with E-state index in [4.69, 9.17) is 5.73 Å². The molecule has 1 aliphatic rings. The minimum absolute atomic E-state index is 0.248. The Morgan fingerprint density at radius 2 is 2.00 bits per heavy atom. The average Bonchev–Trinajstić information content (AvgIpc) is 2.55. The minimum atomic E-state index is -0.248. The molecule has 0 aromatic heterocycles. The highest BCUT2D eigenvalue weighted by atomic mass is 16.2. The Morgan fingerprint density at radius 1 is 1.41 bits per heavy atom. The topological polar surface area (TPSA) is 49.6 Å². The Kier molecular flexibility index (Phi) is 4.55. The molecule has 1 rings (SSSR count). The number of likely N-dealkylation sites (tertiary alicyclic amines) is 1. The van der Waals surface area contributed by atoms with Gasteiger partial charge in [-0.25, -0.2) is 0 Å². The van der Waals surface area contributed by atoms with Crippen LogP contribution >= 0.6 is 0 Å². The molecular weight excluding hydrogens is 214 g/mol. The van der Waals surface area contributed by atoms with E-state index < -0.39 is 0 Å². The first-order chi connectivity index (χ1) is 7.70. The van der Waals surface area contributed by atoms with Crippen LogP contribution in [0.2, 0.25) is 0 Å². The van der Waals surface area contributed by atoms with Crippen LogP contribution in [0.15, 0.2) is 0 Å². The van der Waals surface area contributed by atoms with E-state index in [0.29, 0.717) is 18.4 Å². The lowest BCUT2D eigenvalue weighted by Crippen LogP contribution is -2.37. The highest BCUT2D eigenvalue weighted by molar-refractivity contribution is 5.76. The molecule has 100 valence electrons. The second-order valence-corrected chi connectivity index (χ2v) is 6.30. The number of hydrogen-bond acceptors (Lipinski definition) is 3. The lowest BCUT2D eigenvalue weighted by molar-refractivity contribution is -0.130. The normalized spacial score (nSPS) is 25.7. The summed E-state index contributed by atoms with van der Waals surface area (Å²) in [5, 5.41) is 0. The van der Waals surface area contributed by atoms with Crippen LogP contribution in [-0.4, -0.2) is 54.5 Å². The first-order valence-electron chi connectivity index (χ1n) is 6.44. The zero-order valence-corrected chi connectivity index (χ0v) is 11.9. The molecule has 0 saturated carbocycles. The fourth-order valence-electron chi connectivity index (χ4n) is 2.41. The van der Waals surface area contributed by atoms with E-state index in [2.05, 4.69) is 25.9 Å². The van der Waals surface area contributed by atoms with Gasteiger partial charge in [0.2, 0.25) is 5.91 Å². The molecule has 2 unspecified atom stereocenters.